The number of hydrogen-bond donors (Lipinski definition) is 2. The van der Waals surface area contributed by atoms with Crippen LogP contribution in [0.1, 0.15) is 25.3 Å². The molecule has 0 aliphatic rings. The van der Waals surface area contributed by atoms with Crippen LogP contribution >= 0.6 is 23.2 Å². The summed E-state index contributed by atoms with van der Waals surface area (Å²) in [4.78, 5) is 8.23. The van der Waals surface area contributed by atoms with E-state index in [0.29, 0.717) is 27.4 Å². The number of benzene rings is 1. The van der Waals surface area contributed by atoms with E-state index in [1.807, 2.05) is 13.8 Å². The van der Waals surface area contributed by atoms with Gasteiger partial charge < -0.3 is 11.1 Å². The van der Waals surface area contributed by atoms with E-state index >= 15 is 0 Å². The number of halogens is 2. The fourth-order valence-corrected chi connectivity index (χ4v) is 2.31. The second-order valence-electron chi connectivity index (χ2n) is 4.40. The van der Waals surface area contributed by atoms with Crippen LogP contribution in [0.2, 0.25) is 10.0 Å². The first kappa shape index (κ1) is 13.9. The number of hydrogen-bond acceptors (Lipinski definition) is 4. The lowest BCUT2D eigenvalue weighted by Gasteiger charge is -2.16. The van der Waals surface area contributed by atoms with Gasteiger partial charge in [0, 0.05) is 5.56 Å². The zero-order valence-corrected chi connectivity index (χ0v) is 12.1. The van der Waals surface area contributed by atoms with E-state index in [0.717, 1.165) is 5.56 Å². The smallest absolute Gasteiger partial charge is 0.139 e. The van der Waals surface area contributed by atoms with Gasteiger partial charge in [-0.3, -0.25) is 0 Å². The number of nitrogens with two attached hydrogens (primary N) is 1. The summed E-state index contributed by atoms with van der Waals surface area (Å²) in [5, 5.41) is 4.19. The average Bonchev–Trinajstić information content (AvgIpc) is 2.33. The second kappa shape index (κ2) is 5.63. The Kier molecular flexibility index (Phi) is 4.12. The molecule has 1 aromatic carbocycles. The average molecular weight is 297 g/mol. The first-order valence-electron chi connectivity index (χ1n) is 5.82. The predicted octanol–water partition coefficient (Wildman–Crippen LogP) is 4.23. The Bertz CT molecular complexity index is 579. The highest BCUT2D eigenvalue weighted by Gasteiger charge is 2.15. The van der Waals surface area contributed by atoms with Gasteiger partial charge in [0.2, 0.25) is 0 Å². The maximum atomic E-state index is 6.13. The van der Waals surface area contributed by atoms with Gasteiger partial charge in [-0.05, 0) is 18.1 Å². The molecule has 1 heterocycles. The molecule has 2 rings (SSSR count). The van der Waals surface area contributed by atoms with E-state index in [4.69, 9.17) is 28.9 Å². The van der Waals surface area contributed by atoms with E-state index in [2.05, 4.69) is 15.3 Å². The molecule has 0 fully saturated rings. The molecule has 6 heteroatoms. The fourth-order valence-electron chi connectivity index (χ4n) is 1.81. The van der Waals surface area contributed by atoms with Crippen molar-refractivity contribution in [1.82, 2.24) is 9.97 Å². The molecular weight excluding hydrogens is 283 g/mol. The van der Waals surface area contributed by atoms with Crippen LogP contribution in [-0.2, 0) is 0 Å². The number of nitrogen functional groups attached to an aromatic ring is 1. The molecule has 0 saturated heterocycles. The summed E-state index contributed by atoms with van der Waals surface area (Å²) in [6, 6.07) is 5.30. The number of nitrogens with one attached hydrogen (secondary N) is 1. The molecule has 0 amide bonds. The zero-order chi connectivity index (χ0) is 14.0. The van der Waals surface area contributed by atoms with Crippen molar-refractivity contribution in [3.63, 3.8) is 0 Å². The highest BCUT2D eigenvalue weighted by Crippen LogP contribution is 2.35. The summed E-state index contributed by atoms with van der Waals surface area (Å²) in [5.41, 5.74) is 7.36. The molecule has 0 aliphatic heterocycles. The van der Waals surface area contributed by atoms with Crippen LogP contribution in [0.3, 0.4) is 0 Å². The van der Waals surface area contributed by atoms with E-state index in [-0.39, 0.29) is 5.92 Å². The van der Waals surface area contributed by atoms with Crippen molar-refractivity contribution < 1.29 is 0 Å². The first-order valence-corrected chi connectivity index (χ1v) is 6.57. The zero-order valence-electron chi connectivity index (χ0n) is 10.6. The molecule has 3 N–H and O–H groups in total. The summed E-state index contributed by atoms with van der Waals surface area (Å²) in [5.74, 6) is 1.26. The Morgan fingerprint density at radius 3 is 2.37 bits per heavy atom. The molecule has 0 bridgehead atoms. The van der Waals surface area contributed by atoms with Crippen LogP contribution in [0.5, 0.6) is 0 Å². The number of rotatable bonds is 3. The van der Waals surface area contributed by atoms with Gasteiger partial charge >= 0.3 is 0 Å². The third-order valence-electron chi connectivity index (χ3n) is 2.70. The largest absolute Gasteiger partial charge is 0.383 e. The standard InChI is InChI=1S/C13H14Cl2N4/c1-7(2)10-12(16)17-6-18-13(10)19-11-8(14)4-3-5-9(11)15/h3-7H,1-2H3,(H3,16,17,18,19). The van der Waals surface area contributed by atoms with Crippen molar-refractivity contribution in [2.75, 3.05) is 11.1 Å². The van der Waals surface area contributed by atoms with E-state index in [1.54, 1.807) is 18.2 Å². The Hall–Kier alpha value is -1.52. The van der Waals surface area contributed by atoms with Crippen LogP contribution in [0.4, 0.5) is 17.3 Å². The van der Waals surface area contributed by atoms with Gasteiger partial charge in [0.1, 0.15) is 18.0 Å². The summed E-state index contributed by atoms with van der Waals surface area (Å²) < 4.78 is 0. The van der Waals surface area contributed by atoms with E-state index in [9.17, 15) is 0 Å². The van der Waals surface area contributed by atoms with Crippen molar-refractivity contribution in [3.05, 3.63) is 40.1 Å². The summed E-state index contributed by atoms with van der Waals surface area (Å²) in [6.07, 6.45) is 1.41. The molecule has 1 aromatic heterocycles. The van der Waals surface area contributed by atoms with Gasteiger partial charge in [-0.1, -0.05) is 43.1 Å². The van der Waals surface area contributed by atoms with Gasteiger partial charge in [0.25, 0.3) is 0 Å². The quantitative estimate of drug-likeness (QED) is 0.889. The minimum atomic E-state index is 0.185. The maximum Gasteiger partial charge on any atom is 0.139 e. The third kappa shape index (κ3) is 2.91. The molecule has 0 saturated carbocycles. The highest BCUT2D eigenvalue weighted by molar-refractivity contribution is 6.39. The Balaban J connectivity index is 2.47. The third-order valence-corrected chi connectivity index (χ3v) is 3.33. The monoisotopic (exact) mass is 296 g/mol. The van der Waals surface area contributed by atoms with Crippen molar-refractivity contribution in [2.45, 2.75) is 19.8 Å². The van der Waals surface area contributed by atoms with Gasteiger partial charge in [-0.15, -0.1) is 0 Å². The van der Waals surface area contributed by atoms with Gasteiger partial charge in [-0.2, -0.15) is 0 Å². The molecule has 0 aliphatic carbocycles. The molecule has 0 unspecified atom stereocenters. The summed E-state index contributed by atoms with van der Waals surface area (Å²) in [6.45, 7) is 4.04. The maximum absolute atomic E-state index is 6.13. The first-order chi connectivity index (χ1) is 9.00. The minimum absolute atomic E-state index is 0.185. The van der Waals surface area contributed by atoms with Crippen LogP contribution in [0, 0.1) is 0 Å². The topological polar surface area (TPSA) is 63.8 Å². The van der Waals surface area contributed by atoms with Gasteiger partial charge in [0.15, 0.2) is 0 Å². The lowest BCUT2D eigenvalue weighted by atomic mass is 10.0. The second-order valence-corrected chi connectivity index (χ2v) is 5.21. The number of aromatic nitrogens is 2. The van der Waals surface area contributed by atoms with Gasteiger partial charge in [-0.25, -0.2) is 9.97 Å². The Labute approximate surface area is 122 Å². The van der Waals surface area contributed by atoms with Crippen LogP contribution in [0.15, 0.2) is 24.5 Å². The molecule has 2 aromatic rings. The number of nitrogens with zero attached hydrogens (tertiary/aromatic N) is 2. The molecule has 0 spiro atoms. The van der Waals surface area contributed by atoms with Crippen molar-refractivity contribution in [3.8, 4) is 0 Å². The minimum Gasteiger partial charge on any atom is -0.383 e. The highest BCUT2D eigenvalue weighted by atomic mass is 35.5. The number of para-hydroxylation sites is 1. The van der Waals surface area contributed by atoms with Crippen LogP contribution < -0.4 is 11.1 Å². The van der Waals surface area contributed by atoms with Crippen LogP contribution in [0.25, 0.3) is 0 Å². The Morgan fingerprint density at radius 1 is 1.16 bits per heavy atom. The lowest BCUT2D eigenvalue weighted by molar-refractivity contribution is 0.855. The lowest BCUT2D eigenvalue weighted by Crippen LogP contribution is -2.07. The van der Waals surface area contributed by atoms with Gasteiger partial charge in [0.05, 0.1) is 15.7 Å². The fraction of sp³-hybridized carbons (Fsp3) is 0.231. The van der Waals surface area contributed by atoms with Crippen molar-refractivity contribution in [1.29, 1.82) is 0 Å². The SMILES string of the molecule is CC(C)c1c(N)ncnc1Nc1c(Cl)cccc1Cl. The van der Waals surface area contributed by atoms with Crippen molar-refractivity contribution in [2.24, 2.45) is 0 Å². The van der Waals surface area contributed by atoms with Crippen molar-refractivity contribution >= 4 is 40.5 Å². The normalized spacial score (nSPS) is 10.8. The van der Waals surface area contributed by atoms with E-state index < -0.39 is 0 Å². The molecule has 0 atom stereocenters. The molecule has 4 nitrogen and oxygen atoms in total. The summed E-state index contributed by atoms with van der Waals surface area (Å²) >= 11 is 12.3. The summed E-state index contributed by atoms with van der Waals surface area (Å²) in [7, 11) is 0. The Morgan fingerprint density at radius 2 is 1.79 bits per heavy atom. The number of anilines is 3. The van der Waals surface area contributed by atoms with Crippen LogP contribution in [-0.4, -0.2) is 9.97 Å². The molecule has 19 heavy (non-hydrogen) atoms. The molecule has 0 radical (unpaired) electrons. The molecule has 100 valence electrons. The molecular formula is C13H14Cl2N4. The van der Waals surface area contributed by atoms with E-state index in [1.165, 1.54) is 6.33 Å². The predicted molar refractivity (Wildman–Crippen MR) is 80.3 cm³/mol.